The summed E-state index contributed by atoms with van der Waals surface area (Å²) < 4.78 is 14.4. The lowest BCUT2D eigenvalue weighted by molar-refractivity contribution is 0.102. The summed E-state index contributed by atoms with van der Waals surface area (Å²) in [6, 6.07) is 7.75. The van der Waals surface area contributed by atoms with E-state index in [9.17, 15) is 9.18 Å². The number of nitrogen functional groups attached to an aromatic ring is 1. The molecule has 0 radical (unpaired) electrons. The molecule has 0 atom stereocenters. The van der Waals surface area contributed by atoms with Crippen molar-refractivity contribution in [1.29, 1.82) is 0 Å². The molecule has 3 nitrogen and oxygen atoms in total. The molecule has 0 fully saturated rings. The Morgan fingerprint density at radius 1 is 1.25 bits per heavy atom. The maximum Gasteiger partial charge on any atom is 0.258 e. The molecule has 2 aromatic carbocycles. The summed E-state index contributed by atoms with van der Waals surface area (Å²) in [6.45, 7) is 3.84. The number of rotatable bonds is 2. The molecule has 0 aliphatic carbocycles. The van der Waals surface area contributed by atoms with Crippen LogP contribution >= 0.6 is 15.9 Å². The van der Waals surface area contributed by atoms with Gasteiger partial charge in [-0.05, 0) is 65.2 Å². The lowest BCUT2D eigenvalue weighted by Crippen LogP contribution is -2.15. The highest BCUT2D eigenvalue weighted by Gasteiger charge is 2.15. The second-order valence-electron chi connectivity index (χ2n) is 4.63. The molecule has 104 valence electrons. The fraction of sp³-hybridized carbons (Fsp3) is 0.133. The summed E-state index contributed by atoms with van der Waals surface area (Å²) >= 11 is 3.40. The average molecular weight is 337 g/mol. The average Bonchev–Trinajstić information content (AvgIpc) is 2.36. The van der Waals surface area contributed by atoms with Crippen LogP contribution in [0.2, 0.25) is 0 Å². The Balaban J connectivity index is 2.35. The molecule has 20 heavy (non-hydrogen) atoms. The first-order valence-corrected chi connectivity index (χ1v) is 6.81. The molecule has 0 spiro atoms. The van der Waals surface area contributed by atoms with Crippen molar-refractivity contribution in [3.05, 3.63) is 57.3 Å². The summed E-state index contributed by atoms with van der Waals surface area (Å²) in [5.41, 5.74) is 8.45. The van der Waals surface area contributed by atoms with E-state index in [-0.39, 0.29) is 5.56 Å². The highest BCUT2D eigenvalue weighted by atomic mass is 79.9. The molecule has 3 N–H and O–H groups in total. The Labute approximate surface area is 125 Å². The zero-order chi connectivity index (χ0) is 14.9. The van der Waals surface area contributed by atoms with E-state index < -0.39 is 11.7 Å². The maximum atomic E-state index is 13.7. The molecule has 0 saturated carbocycles. The van der Waals surface area contributed by atoms with Gasteiger partial charge in [0.2, 0.25) is 0 Å². The third-order valence-electron chi connectivity index (χ3n) is 2.91. The maximum absolute atomic E-state index is 13.7. The van der Waals surface area contributed by atoms with Crippen molar-refractivity contribution in [3.63, 3.8) is 0 Å². The van der Waals surface area contributed by atoms with Crippen molar-refractivity contribution >= 4 is 33.2 Å². The van der Waals surface area contributed by atoms with E-state index in [1.165, 1.54) is 18.2 Å². The highest BCUT2D eigenvalue weighted by molar-refractivity contribution is 9.10. The van der Waals surface area contributed by atoms with E-state index >= 15 is 0 Å². The summed E-state index contributed by atoms with van der Waals surface area (Å²) in [6.07, 6.45) is 0. The van der Waals surface area contributed by atoms with Gasteiger partial charge in [-0.15, -0.1) is 0 Å². The summed E-state index contributed by atoms with van der Waals surface area (Å²) in [5.74, 6) is -1.12. The molecule has 0 heterocycles. The summed E-state index contributed by atoms with van der Waals surface area (Å²) in [4.78, 5) is 12.1. The first-order valence-electron chi connectivity index (χ1n) is 6.01. The highest BCUT2D eigenvalue weighted by Crippen LogP contribution is 2.28. The van der Waals surface area contributed by atoms with Crippen molar-refractivity contribution in [1.82, 2.24) is 0 Å². The van der Waals surface area contributed by atoms with Gasteiger partial charge < -0.3 is 11.1 Å². The van der Waals surface area contributed by atoms with Crippen molar-refractivity contribution in [2.45, 2.75) is 13.8 Å². The number of carbonyl (C=O) groups excluding carboxylic acids is 1. The predicted octanol–water partition coefficient (Wildman–Crippen LogP) is 4.04. The molecule has 0 saturated heterocycles. The van der Waals surface area contributed by atoms with Gasteiger partial charge in [0, 0.05) is 10.2 Å². The quantitative estimate of drug-likeness (QED) is 0.813. The van der Waals surface area contributed by atoms with Crippen LogP contribution in [-0.2, 0) is 0 Å². The van der Waals surface area contributed by atoms with Crippen LogP contribution < -0.4 is 11.1 Å². The van der Waals surface area contributed by atoms with Crippen LogP contribution in [0, 0.1) is 19.7 Å². The second kappa shape index (κ2) is 5.63. The van der Waals surface area contributed by atoms with Gasteiger partial charge in [-0.3, -0.25) is 4.79 Å². The predicted molar refractivity (Wildman–Crippen MR) is 82.4 cm³/mol. The van der Waals surface area contributed by atoms with Gasteiger partial charge in [0.25, 0.3) is 5.91 Å². The molecule has 2 rings (SSSR count). The number of hydrogen-bond acceptors (Lipinski definition) is 2. The normalized spacial score (nSPS) is 10.4. The van der Waals surface area contributed by atoms with E-state index in [1.807, 2.05) is 26.0 Å². The number of amides is 1. The van der Waals surface area contributed by atoms with Crippen LogP contribution in [0.4, 0.5) is 15.8 Å². The number of anilines is 2. The van der Waals surface area contributed by atoms with Crippen LogP contribution in [0.3, 0.4) is 0 Å². The van der Waals surface area contributed by atoms with Crippen LogP contribution in [0.1, 0.15) is 21.5 Å². The Morgan fingerprint density at radius 3 is 2.60 bits per heavy atom. The number of nitrogens with one attached hydrogen (secondary N) is 1. The van der Waals surface area contributed by atoms with E-state index in [0.29, 0.717) is 11.4 Å². The Morgan fingerprint density at radius 2 is 1.95 bits per heavy atom. The van der Waals surface area contributed by atoms with Gasteiger partial charge in [0.1, 0.15) is 5.82 Å². The molecule has 0 aliphatic rings. The number of halogens is 2. The Bertz CT molecular complexity index is 663. The van der Waals surface area contributed by atoms with E-state index in [0.717, 1.165) is 15.6 Å². The first kappa shape index (κ1) is 14.5. The van der Waals surface area contributed by atoms with E-state index in [4.69, 9.17) is 5.73 Å². The van der Waals surface area contributed by atoms with Crippen molar-refractivity contribution < 1.29 is 9.18 Å². The van der Waals surface area contributed by atoms with Gasteiger partial charge >= 0.3 is 0 Å². The third-order valence-corrected chi connectivity index (χ3v) is 3.53. The van der Waals surface area contributed by atoms with Crippen LogP contribution in [0.5, 0.6) is 0 Å². The lowest BCUT2D eigenvalue weighted by atomic mass is 10.1. The zero-order valence-corrected chi connectivity index (χ0v) is 12.7. The molecule has 0 bridgehead atoms. The van der Waals surface area contributed by atoms with Crippen molar-refractivity contribution in [2.75, 3.05) is 11.1 Å². The third kappa shape index (κ3) is 2.99. The van der Waals surface area contributed by atoms with Crippen LogP contribution in [0.15, 0.2) is 34.8 Å². The van der Waals surface area contributed by atoms with Gasteiger partial charge in [0.15, 0.2) is 0 Å². The van der Waals surface area contributed by atoms with Crippen molar-refractivity contribution in [3.8, 4) is 0 Å². The number of benzene rings is 2. The van der Waals surface area contributed by atoms with Crippen LogP contribution in [-0.4, -0.2) is 5.91 Å². The van der Waals surface area contributed by atoms with E-state index in [2.05, 4.69) is 21.2 Å². The summed E-state index contributed by atoms with van der Waals surface area (Å²) in [7, 11) is 0. The number of aryl methyl sites for hydroxylation is 2. The van der Waals surface area contributed by atoms with Gasteiger partial charge in [-0.2, -0.15) is 0 Å². The monoisotopic (exact) mass is 336 g/mol. The molecule has 1 amide bonds. The molecule has 0 aliphatic heterocycles. The standard InChI is InChI=1S/C15H14BrFN2O/c1-8-5-9(2)14(12(16)6-8)19-15(20)11-7-10(18)3-4-13(11)17/h3-7H,18H2,1-2H3,(H,19,20). The molecular formula is C15H14BrFN2O. The smallest absolute Gasteiger partial charge is 0.258 e. The second-order valence-corrected chi connectivity index (χ2v) is 5.49. The van der Waals surface area contributed by atoms with Gasteiger partial charge in [-0.1, -0.05) is 6.07 Å². The molecule has 0 unspecified atom stereocenters. The van der Waals surface area contributed by atoms with Gasteiger partial charge in [-0.25, -0.2) is 4.39 Å². The van der Waals surface area contributed by atoms with Gasteiger partial charge in [0.05, 0.1) is 11.3 Å². The molecule has 5 heteroatoms. The van der Waals surface area contributed by atoms with E-state index in [1.54, 1.807) is 0 Å². The zero-order valence-electron chi connectivity index (χ0n) is 11.1. The largest absolute Gasteiger partial charge is 0.399 e. The van der Waals surface area contributed by atoms with Crippen molar-refractivity contribution in [2.24, 2.45) is 0 Å². The fourth-order valence-electron chi connectivity index (χ4n) is 1.97. The minimum absolute atomic E-state index is 0.0723. The molecule has 2 aromatic rings. The first-order chi connectivity index (χ1) is 9.38. The lowest BCUT2D eigenvalue weighted by Gasteiger charge is -2.12. The number of carbonyl (C=O) groups is 1. The fourth-order valence-corrected chi connectivity index (χ4v) is 2.74. The topological polar surface area (TPSA) is 55.1 Å². The summed E-state index contributed by atoms with van der Waals surface area (Å²) in [5, 5.41) is 2.71. The Hall–Kier alpha value is -1.88. The minimum Gasteiger partial charge on any atom is -0.399 e. The number of hydrogen-bond donors (Lipinski definition) is 2. The molecular weight excluding hydrogens is 323 g/mol. The Kier molecular flexibility index (Phi) is 4.09. The SMILES string of the molecule is Cc1cc(C)c(NC(=O)c2cc(N)ccc2F)c(Br)c1. The molecule has 0 aromatic heterocycles. The minimum atomic E-state index is -0.599. The number of nitrogens with two attached hydrogens (primary N) is 1. The van der Waals surface area contributed by atoms with Crippen LogP contribution in [0.25, 0.3) is 0 Å².